The van der Waals surface area contributed by atoms with Gasteiger partial charge in [-0.05, 0) is 48.6 Å². The van der Waals surface area contributed by atoms with Gasteiger partial charge in [-0.25, -0.2) is 0 Å². The lowest BCUT2D eigenvalue weighted by molar-refractivity contribution is 0.415. The van der Waals surface area contributed by atoms with Gasteiger partial charge < -0.3 is 21.1 Å². The van der Waals surface area contributed by atoms with Gasteiger partial charge in [0.25, 0.3) is 0 Å². The first-order valence-electron chi connectivity index (χ1n) is 5.96. The molecule has 4 N–H and O–H groups in total. The summed E-state index contributed by atoms with van der Waals surface area (Å²) >= 11 is 17.4. The van der Waals surface area contributed by atoms with Crippen LogP contribution in [0.4, 0.5) is 17.1 Å². The van der Waals surface area contributed by atoms with Crippen LogP contribution < -0.4 is 21.1 Å². The van der Waals surface area contributed by atoms with Gasteiger partial charge in [0.2, 0.25) is 0 Å². The number of hydrogen-bond acceptors (Lipinski definition) is 3. The van der Waals surface area contributed by atoms with E-state index in [1.165, 1.54) is 7.11 Å². The van der Waals surface area contributed by atoms with Crippen molar-refractivity contribution in [1.29, 1.82) is 0 Å². The summed E-state index contributed by atoms with van der Waals surface area (Å²) in [6, 6.07) is 10.6. The van der Waals surface area contributed by atoms with Crippen molar-refractivity contribution in [3.05, 3.63) is 46.4 Å². The van der Waals surface area contributed by atoms with E-state index in [1.807, 2.05) is 12.1 Å². The Morgan fingerprint density at radius 1 is 1.05 bits per heavy atom. The van der Waals surface area contributed by atoms with E-state index in [9.17, 15) is 0 Å². The molecule has 0 aromatic heterocycles. The van der Waals surface area contributed by atoms with Crippen LogP contribution in [0.3, 0.4) is 0 Å². The minimum absolute atomic E-state index is 0.405. The van der Waals surface area contributed by atoms with Crippen LogP contribution in [0.5, 0.6) is 5.75 Å². The summed E-state index contributed by atoms with van der Waals surface area (Å²) < 4.78 is 5.09. The van der Waals surface area contributed by atoms with Crippen LogP contribution in [-0.4, -0.2) is 12.2 Å². The molecule has 2 aromatic rings. The number of halogens is 2. The fourth-order valence-corrected chi connectivity index (χ4v) is 2.56. The number of rotatable bonds is 3. The number of hydrogen-bond donors (Lipinski definition) is 3. The van der Waals surface area contributed by atoms with E-state index < -0.39 is 0 Å². The van der Waals surface area contributed by atoms with Gasteiger partial charge >= 0.3 is 0 Å². The molecule has 0 heterocycles. The minimum Gasteiger partial charge on any atom is -0.494 e. The Morgan fingerprint density at radius 3 is 2.10 bits per heavy atom. The minimum atomic E-state index is 0.405. The Balaban J connectivity index is 2.07. The van der Waals surface area contributed by atoms with Gasteiger partial charge in [-0.3, -0.25) is 0 Å². The van der Waals surface area contributed by atoms with E-state index in [1.54, 1.807) is 24.3 Å². The highest BCUT2D eigenvalue weighted by Gasteiger charge is 2.09. The summed E-state index contributed by atoms with van der Waals surface area (Å²) in [5.41, 5.74) is 7.80. The number of nitrogens with two attached hydrogens (primary N) is 1. The average molecular weight is 342 g/mol. The smallest absolute Gasteiger partial charge is 0.175 e. The third-order valence-electron chi connectivity index (χ3n) is 2.63. The highest BCUT2D eigenvalue weighted by molar-refractivity contribution is 7.80. The highest BCUT2D eigenvalue weighted by atomic mass is 35.5. The molecule has 0 aliphatic rings. The molecule has 110 valence electrons. The molecule has 0 aliphatic carbocycles. The molecule has 21 heavy (non-hydrogen) atoms. The molecule has 0 atom stereocenters. The van der Waals surface area contributed by atoms with E-state index in [0.717, 1.165) is 5.69 Å². The van der Waals surface area contributed by atoms with Gasteiger partial charge in [-0.2, -0.15) is 0 Å². The largest absolute Gasteiger partial charge is 0.494 e. The van der Waals surface area contributed by atoms with Crippen molar-refractivity contribution in [3.8, 4) is 5.75 Å². The molecular formula is C14H13Cl2N3OS. The van der Waals surface area contributed by atoms with E-state index >= 15 is 0 Å². The molecule has 7 heteroatoms. The second-order valence-electron chi connectivity index (χ2n) is 4.17. The summed E-state index contributed by atoms with van der Waals surface area (Å²) in [6.45, 7) is 0. The van der Waals surface area contributed by atoms with Crippen LogP contribution >= 0.6 is 35.4 Å². The van der Waals surface area contributed by atoms with Crippen molar-refractivity contribution in [3.63, 3.8) is 0 Å². The molecule has 0 aliphatic heterocycles. The molecular weight excluding hydrogens is 329 g/mol. The molecule has 0 saturated carbocycles. The summed E-state index contributed by atoms with van der Waals surface area (Å²) in [4.78, 5) is 0. The summed E-state index contributed by atoms with van der Waals surface area (Å²) in [5.74, 6) is 0.432. The Hall–Kier alpha value is -1.69. The first-order chi connectivity index (χ1) is 9.99. The number of anilines is 3. The van der Waals surface area contributed by atoms with Crippen molar-refractivity contribution in [1.82, 2.24) is 0 Å². The first-order valence-corrected chi connectivity index (χ1v) is 7.12. The fraction of sp³-hybridized carbons (Fsp3) is 0.0714. The standard InChI is InChI=1S/C14H13Cl2N3OS/c1-20-13-11(15)6-10(7-12(13)16)19-14(21)18-9-4-2-8(17)3-5-9/h2-7H,17H2,1H3,(H2,18,19,21). The zero-order valence-corrected chi connectivity index (χ0v) is 13.4. The maximum absolute atomic E-state index is 6.07. The Kier molecular flexibility index (Phi) is 5.12. The quantitative estimate of drug-likeness (QED) is 0.570. The van der Waals surface area contributed by atoms with Crippen molar-refractivity contribution < 1.29 is 4.74 Å². The molecule has 0 radical (unpaired) electrons. The molecule has 2 aromatic carbocycles. The lowest BCUT2D eigenvalue weighted by atomic mass is 10.3. The zero-order chi connectivity index (χ0) is 15.4. The van der Waals surface area contributed by atoms with E-state index in [-0.39, 0.29) is 0 Å². The third kappa shape index (κ3) is 4.14. The van der Waals surface area contributed by atoms with E-state index in [0.29, 0.717) is 32.3 Å². The fourth-order valence-electron chi connectivity index (χ4n) is 1.69. The van der Waals surface area contributed by atoms with Crippen LogP contribution in [0.2, 0.25) is 10.0 Å². The molecule has 0 bridgehead atoms. The van der Waals surface area contributed by atoms with Gasteiger partial charge in [0.05, 0.1) is 17.2 Å². The number of ether oxygens (including phenoxy) is 1. The summed E-state index contributed by atoms with van der Waals surface area (Å²) in [5, 5.41) is 7.26. The van der Waals surface area contributed by atoms with Crippen molar-refractivity contribution in [2.24, 2.45) is 0 Å². The van der Waals surface area contributed by atoms with Crippen LogP contribution in [0.15, 0.2) is 36.4 Å². The second kappa shape index (κ2) is 6.85. The molecule has 4 nitrogen and oxygen atoms in total. The predicted octanol–water partition coefficient (Wildman–Crippen LogP) is 4.39. The molecule has 0 saturated heterocycles. The third-order valence-corrected chi connectivity index (χ3v) is 3.39. The Labute approximate surface area is 138 Å². The zero-order valence-electron chi connectivity index (χ0n) is 11.1. The lowest BCUT2D eigenvalue weighted by Gasteiger charge is -2.13. The van der Waals surface area contributed by atoms with Crippen molar-refractivity contribution >= 4 is 57.6 Å². The van der Waals surface area contributed by atoms with Crippen molar-refractivity contribution in [2.45, 2.75) is 0 Å². The maximum Gasteiger partial charge on any atom is 0.175 e. The van der Waals surface area contributed by atoms with Gasteiger partial charge in [0.1, 0.15) is 0 Å². The van der Waals surface area contributed by atoms with Crippen molar-refractivity contribution in [2.75, 3.05) is 23.5 Å². The van der Waals surface area contributed by atoms with Crippen LogP contribution in [0.1, 0.15) is 0 Å². The SMILES string of the molecule is COc1c(Cl)cc(NC(=S)Nc2ccc(N)cc2)cc1Cl. The number of thiocarbonyl (C=S) groups is 1. The number of methoxy groups -OCH3 is 1. The number of nitrogen functional groups attached to an aromatic ring is 1. The van der Waals surface area contributed by atoms with Gasteiger partial charge in [-0.15, -0.1) is 0 Å². The normalized spacial score (nSPS) is 10.0. The second-order valence-corrected chi connectivity index (χ2v) is 5.40. The van der Waals surface area contributed by atoms with Crippen LogP contribution in [0, 0.1) is 0 Å². The first kappa shape index (κ1) is 15.7. The molecule has 0 fully saturated rings. The highest BCUT2D eigenvalue weighted by Crippen LogP contribution is 2.35. The van der Waals surface area contributed by atoms with E-state index in [4.69, 9.17) is 45.9 Å². The topological polar surface area (TPSA) is 59.3 Å². The maximum atomic E-state index is 6.07. The summed E-state index contributed by atoms with van der Waals surface area (Å²) in [7, 11) is 1.51. The Bertz CT molecular complexity index is 639. The van der Waals surface area contributed by atoms with E-state index in [2.05, 4.69) is 10.6 Å². The molecule has 0 amide bonds. The van der Waals surface area contributed by atoms with Gasteiger partial charge in [-0.1, -0.05) is 23.2 Å². The molecule has 2 rings (SSSR count). The average Bonchev–Trinajstić information content (AvgIpc) is 2.41. The van der Waals surface area contributed by atoms with Crippen LogP contribution in [0.25, 0.3) is 0 Å². The summed E-state index contributed by atoms with van der Waals surface area (Å²) in [6.07, 6.45) is 0. The monoisotopic (exact) mass is 341 g/mol. The van der Waals surface area contributed by atoms with Gasteiger partial charge in [0.15, 0.2) is 10.9 Å². The predicted molar refractivity (Wildman–Crippen MR) is 93.7 cm³/mol. The Morgan fingerprint density at radius 2 is 1.57 bits per heavy atom. The molecule has 0 spiro atoms. The number of benzene rings is 2. The van der Waals surface area contributed by atoms with Gasteiger partial charge in [0, 0.05) is 17.1 Å². The lowest BCUT2D eigenvalue weighted by Crippen LogP contribution is -2.19. The number of nitrogens with one attached hydrogen (secondary N) is 2. The molecule has 0 unspecified atom stereocenters. The van der Waals surface area contributed by atoms with Crippen LogP contribution in [-0.2, 0) is 0 Å².